The third kappa shape index (κ3) is 13.9. The summed E-state index contributed by atoms with van der Waals surface area (Å²) in [5.74, 6) is 2.92. The lowest BCUT2D eigenvalue weighted by Gasteiger charge is -2.58. The van der Waals surface area contributed by atoms with Gasteiger partial charge in [0.05, 0.1) is 40.6 Å². The van der Waals surface area contributed by atoms with Crippen LogP contribution in [0.4, 0.5) is 0 Å². The van der Waals surface area contributed by atoms with E-state index < -0.39 is 38.4 Å². The first kappa shape index (κ1) is 47.9. The molecule has 0 radical (unpaired) electrons. The average molecular weight is 824 g/mol. The molecule has 0 aromatic rings. The van der Waals surface area contributed by atoms with Gasteiger partial charge >= 0.3 is 17.9 Å². The van der Waals surface area contributed by atoms with Crippen LogP contribution in [-0.2, 0) is 42.2 Å². The van der Waals surface area contributed by atoms with E-state index in [0.29, 0.717) is 28.8 Å². The van der Waals surface area contributed by atoms with Gasteiger partial charge in [-0.05, 0) is 97.7 Å². The van der Waals surface area contributed by atoms with Gasteiger partial charge in [-0.1, -0.05) is 85.3 Å². The quantitative estimate of drug-likeness (QED) is 0.0245. The summed E-state index contributed by atoms with van der Waals surface area (Å²) in [6, 6.07) is 0. The third-order valence-electron chi connectivity index (χ3n) is 14.2. The van der Waals surface area contributed by atoms with E-state index >= 15 is 0 Å². The van der Waals surface area contributed by atoms with Gasteiger partial charge in [-0.25, -0.2) is 0 Å². The molecule has 328 valence electrons. The third-order valence-corrected chi connectivity index (χ3v) is 15.2. The van der Waals surface area contributed by atoms with E-state index in [0.717, 1.165) is 68.1 Å². The van der Waals surface area contributed by atoms with Crippen LogP contribution in [0.15, 0.2) is 11.6 Å². The highest BCUT2D eigenvalue weighted by Gasteiger charge is 2.59. The number of hydrogen-bond donors (Lipinski definition) is 0. The van der Waals surface area contributed by atoms with Gasteiger partial charge in [0, 0.05) is 12.8 Å². The molecule has 4 rings (SSSR count). The smallest absolute Gasteiger partial charge is 0.306 e. The summed E-state index contributed by atoms with van der Waals surface area (Å²) in [6.45, 7) is 13.7. The van der Waals surface area contributed by atoms with Crippen molar-refractivity contribution >= 4 is 25.7 Å². The number of quaternary nitrogens is 1. The molecule has 4 aliphatic carbocycles. The molecule has 3 fully saturated rings. The summed E-state index contributed by atoms with van der Waals surface area (Å²) in [6.07, 6.45) is 16.4. The summed E-state index contributed by atoms with van der Waals surface area (Å²) in [7, 11) is 0.990. The molecule has 0 aromatic heterocycles. The Labute approximate surface area is 344 Å². The number of phosphoric ester groups is 1. The largest absolute Gasteiger partial charge is 0.756 e. The molecule has 4 aliphatic rings. The summed E-state index contributed by atoms with van der Waals surface area (Å²) in [5.41, 5.74) is 2.02. The summed E-state index contributed by atoms with van der Waals surface area (Å²) in [5, 5.41) is 0. The monoisotopic (exact) mass is 824 g/mol. The lowest BCUT2D eigenvalue weighted by molar-refractivity contribution is -0.870. The number of esters is 3. The number of likely N-dealkylation sites (N-methyl/N-ethyl adjacent to an activating group) is 1. The number of phosphoric acid groups is 1. The fourth-order valence-electron chi connectivity index (χ4n) is 11.0. The van der Waals surface area contributed by atoms with Crippen molar-refractivity contribution in [3.63, 3.8) is 0 Å². The topological polar surface area (TPSA) is 137 Å². The molecule has 0 spiro atoms. The molecule has 0 N–H and O–H groups in total. The molecule has 0 aliphatic heterocycles. The number of rotatable bonds is 23. The second kappa shape index (κ2) is 21.1. The molecule has 11 nitrogen and oxygen atoms in total. The number of nitrogens with zero attached hydrogens (tertiary/aromatic N) is 1. The fourth-order valence-corrected chi connectivity index (χ4v) is 11.7. The van der Waals surface area contributed by atoms with E-state index in [9.17, 15) is 23.8 Å². The van der Waals surface area contributed by atoms with Gasteiger partial charge in [0.2, 0.25) is 0 Å². The Balaban J connectivity index is 1.26. The van der Waals surface area contributed by atoms with Crippen LogP contribution in [0.2, 0.25) is 0 Å². The highest BCUT2D eigenvalue weighted by atomic mass is 31.2. The predicted octanol–water partition coefficient (Wildman–Crippen LogP) is 8.96. The number of unbranched alkanes of at least 4 members (excludes halogenated alkanes) is 2. The molecule has 57 heavy (non-hydrogen) atoms. The first-order valence-electron chi connectivity index (χ1n) is 22.4. The van der Waals surface area contributed by atoms with Crippen molar-refractivity contribution in [2.24, 2.45) is 46.3 Å². The average Bonchev–Trinajstić information content (AvgIpc) is 3.48. The Bertz CT molecular complexity index is 1410. The van der Waals surface area contributed by atoms with Crippen LogP contribution in [0, 0.1) is 46.3 Å². The number of ether oxygens (including phenoxy) is 3. The lowest BCUT2D eigenvalue weighted by Crippen LogP contribution is -2.51. The van der Waals surface area contributed by atoms with Crippen LogP contribution in [0.1, 0.15) is 151 Å². The molecule has 12 heteroatoms. The highest BCUT2D eigenvalue weighted by molar-refractivity contribution is 7.45. The Morgan fingerprint density at radius 3 is 2.32 bits per heavy atom. The van der Waals surface area contributed by atoms with Crippen molar-refractivity contribution in [1.29, 1.82) is 0 Å². The Hall–Kier alpha value is -1.78. The molecule has 0 aromatic carbocycles. The highest BCUT2D eigenvalue weighted by Crippen LogP contribution is 2.67. The van der Waals surface area contributed by atoms with Gasteiger partial charge in [0.25, 0.3) is 7.82 Å². The zero-order valence-corrected chi connectivity index (χ0v) is 37.9. The summed E-state index contributed by atoms with van der Waals surface area (Å²) in [4.78, 5) is 50.6. The van der Waals surface area contributed by atoms with Crippen molar-refractivity contribution in [1.82, 2.24) is 0 Å². The Morgan fingerprint density at radius 1 is 0.877 bits per heavy atom. The van der Waals surface area contributed by atoms with E-state index in [2.05, 4.69) is 40.7 Å². The minimum absolute atomic E-state index is 0.0829. The zero-order valence-electron chi connectivity index (χ0n) is 37.0. The van der Waals surface area contributed by atoms with Crippen molar-refractivity contribution in [3.8, 4) is 0 Å². The van der Waals surface area contributed by atoms with Crippen LogP contribution in [0.5, 0.6) is 0 Å². The lowest BCUT2D eigenvalue weighted by atomic mass is 9.47. The van der Waals surface area contributed by atoms with Crippen molar-refractivity contribution in [3.05, 3.63) is 11.6 Å². The van der Waals surface area contributed by atoms with Gasteiger partial charge in [-0.3, -0.25) is 18.9 Å². The second-order valence-corrected chi connectivity index (χ2v) is 21.4. The summed E-state index contributed by atoms with van der Waals surface area (Å²) >= 11 is 0. The van der Waals surface area contributed by atoms with Crippen molar-refractivity contribution in [2.75, 3.05) is 47.5 Å². The van der Waals surface area contributed by atoms with Gasteiger partial charge in [0.15, 0.2) is 6.10 Å². The number of fused-ring (bicyclic) bond motifs is 5. The predicted molar refractivity (Wildman–Crippen MR) is 220 cm³/mol. The van der Waals surface area contributed by atoms with Gasteiger partial charge in [0.1, 0.15) is 25.9 Å². The van der Waals surface area contributed by atoms with Crippen LogP contribution in [-0.4, -0.2) is 82.1 Å². The maximum Gasteiger partial charge on any atom is 0.306 e. The molecule has 2 unspecified atom stereocenters. The normalized spacial score (nSPS) is 30.6. The number of hydrogen-bond acceptors (Lipinski definition) is 10. The fraction of sp³-hybridized carbons (Fsp3) is 0.889. The minimum atomic E-state index is -4.71. The van der Waals surface area contributed by atoms with E-state index in [1.165, 1.54) is 50.5 Å². The van der Waals surface area contributed by atoms with Gasteiger partial charge < -0.3 is 32.6 Å². The van der Waals surface area contributed by atoms with E-state index in [1.54, 1.807) is 0 Å². The molecule has 0 saturated heterocycles. The first-order valence-corrected chi connectivity index (χ1v) is 23.9. The molecule has 0 bridgehead atoms. The zero-order chi connectivity index (χ0) is 42.0. The Kier molecular flexibility index (Phi) is 17.8. The van der Waals surface area contributed by atoms with E-state index in [4.69, 9.17) is 23.3 Å². The standard InChI is InChI=1S/C45H78NO10P/c1-10-11-12-16-41(47)52-30-36(31-54-57(50,51)53-28-27-46(7,8)9)56-43(49)22-21-42(48)55-35-23-25-44(5)34(29-35)17-18-37-39-20-19-38(33(4)15-13-14-32(2)3)45(39,6)26-24-40(37)44/h17,32-33,35-40H,10-16,18-31H2,1-9H3/t33-,35+,36?,37+,38-,39+,40+,44+,45-/m1/s1. The number of allylic oxidation sites excluding steroid dienone is 1. The van der Waals surface area contributed by atoms with Crippen LogP contribution in [0.25, 0.3) is 0 Å². The van der Waals surface area contributed by atoms with Gasteiger partial charge in [-0.15, -0.1) is 0 Å². The van der Waals surface area contributed by atoms with Crippen LogP contribution >= 0.6 is 7.82 Å². The molecule has 0 amide bonds. The first-order chi connectivity index (χ1) is 26.8. The SMILES string of the molecule is CCCCCC(=O)OCC(COP(=O)([O-])OCC[N+](C)(C)C)OC(=O)CCC(=O)O[C@H]1CC[C@@]2(C)C(=CC[C@H]3[C@@H]4CC[C@H]([C@H](C)CCCC(C)C)[C@@]4(C)CC[C@@H]32)C1. The van der Waals surface area contributed by atoms with Crippen molar-refractivity contribution in [2.45, 2.75) is 163 Å². The minimum Gasteiger partial charge on any atom is -0.756 e. The van der Waals surface area contributed by atoms with Gasteiger partial charge in [-0.2, -0.15) is 0 Å². The summed E-state index contributed by atoms with van der Waals surface area (Å²) < 4.78 is 39.6. The number of carbonyl (C=O) groups is 3. The number of carbonyl (C=O) groups excluding carboxylic acids is 3. The molecular weight excluding hydrogens is 745 g/mol. The van der Waals surface area contributed by atoms with E-state index in [1.807, 2.05) is 28.1 Å². The molecule has 0 heterocycles. The molecule has 10 atom stereocenters. The van der Waals surface area contributed by atoms with Crippen molar-refractivity contribution < 1.29 is 51.6 Å². The van der Waals surface area contributed by atoms with Crippen LogP contribution in [0.3, 0.4) is 0 Å². The van der Waals surface area contributed by atoms with E-state index in [-0.39, 0.29) is 44.0 Å². The molecule has 3 saturated carbocycles. The molecular formula is C45H78NO10P. The maximum atomic E-state index is 13.0. The maximum absolute atomic E-state index is 13.0. The second-order valence-electron chi connectivity index (χ2n) is 20.0. The van der Waals surface area contributed by atoms with Crippen LogP contribution < -0.4 is 4.89 Å². The Morgan fingerprint density at radius 2 is 1.61 bits per heavy atom.